The van der Waals surface area contributed by atoms with Gasteiger partial charge in [0.15, 0.2) is 0 Å². The van der Waals surface area contributed by atoms with Crippen LogP contribution in [-0.4, -0.2) is 7.05 Å². The van der Waals surface area contributed by atoms with Crippen LogP contribution in [0.2, 0.25) is 10.0 Å². The molecular formula is C15H13BrCl2FN. The van der Waals surface area contributed by atoms with Crippen molar-refractivity contribution in [2.45, 2.75) is 12.5 Å². The molecule has 1 nitrogen and oxygen atoms in total. The van der Waals surface area contributed by atoms with E-state index in [4.69, 9.17) is 23.2 Å². The molecule has 0 aliphatic carbocycles. The zero-order chi connectivity index (χ0) is 14.7. The third kappa shape index (κ3) is 3.95. The second-order valence-corrected chi connectivity index (χ2v) is 6.27. The minimum Gasteiger partial charge on any atom is -0.313 e. The van der Waals surface area contributed by atoms with Crippen LogP contribution in [0.3, 0.4) is 0 Å². The van der Waals surface area contributed by atoms with Gasteiger partial charge < -0.3 is 5.32 Å². The molecule has 0 aliphatic heterocycles. The first kappa shape index (κ1) is 15.8. The molecule has 0 spiro atoms. The summed E-state index contributed by atoms with van der Waals surface area (Å²) in [6.07, 6.45) is 0.520. The Kier molecular flexibility index (Phi) is 5.44. The molecule has 1 N–H and O–H groups in total. The van der Waals surface area contributed by atoms with Crippen molar-refractivity contribution in [1.29, 1.82) is 0 Å². The molecule has 20 heavy (non-hydrogen) atoms. The smallest absolute Gasteiger partial charge is 0.127 e. The lowest BCUT2D eigenvalue weighted by Gasteiger charge is -2.18. The van der Waals surface area contributed by atoms with E-state index in [1.165, 1.54) is 6.07 Å². The number of halogens is 4. The maximum atomic E-state index is 13.9. The molecule has 0 amide bonds. The molecule has 0 aromatic heterocycles. The van der Waals surface area contributed by atoms with Gasteiger partial charge in [-0.05, 0) is 54.9 Å². The van der Waals surface area contributed by atoms with E-state index >= 15 is 0 Å². The third-order valence-electron chi connectivity index (χ3n) is 3.07. The van der Waals surface area contributed by atoms with E-state index in [1.807, 2.05) is 25.2 Å². The van der Waals surface area contributed by atoms with Crippen LogP contribution in [0.4, 0.5) is 4.39 Å². The number of likely N-dealkylation sites (N-methyl/N-ethyl adjacent to an activating group) is 1. The Morgan fingerprint density at radius 3 is 2.35 bits per heavy atom. The summed E-state index contributed by atoms with van der Waals surface area (Å²) in [5.74, 6) is -0.229. The van der Waals surface area contributed by atoms with Crippen molar-refractivity contribution in [3.63, 3.8) is 0 Å². The van der Waals surface area contributed by atoms with Crippen molar-refractivity contribution >= 4 is 39.1 Å². The molecule has 0 bridgehead atoms. The summed E-state index contributed by atoms with van der Waals surface area (Å²) in [5, 5.41) is 4.31. The number of nitrogens with one attached hydrogen (secondary N) is 1. The number of hydrogen-bond acceptors (Lipinski definition) is 1. The van der Waals surface area contributed by atoms with Crippen LogP contribution >= 0.6 is 39.1 Å². The molecule has 106 valence electrons. The largest absolute Gasteiger partial charge is 0.313 e. The minimum atomic E-state index is -0.229. The van der Waals surface area contributed by atoms with Crippen molar-refractivity contribution in [2.24, 2.45) is 0 Å². The molecule has 2 aromatic carbocycles. The lowest BCUT2D eigenvalue weighted by molar-refractivity contribution is 0.554. The Hall–Kier alpha value is -0.610. The van der Waals surface area contributed by atoms with E-state index in [0.29, 0.717) is 22.0 Å². The average molecular weight is 377 g/mol. The van der Waals surface area contributed by atoms with Gasteiger partial charge >= 0.3 is 0 Å². The summed E-state index contributed by atoms with van der Waals surface area (Å²) in [6, 6.07) is 10.4. The van der Waals surface area contributed by atoms with Gasteiger partial charge in [0, 0.05) is 20.6 Å². The Labute approximate surface area is 136 Å². The standard InChI is InChI=1S/C15H13BrCl2FN/c1-20-15(10-4-12(17)8-13(18)5-10)6-9-2-3-11(16)7-14(9)19/h2-5,7-8,15,20H,6H2,1H3. The highest BCUT2D eigenvalue weighted by Gasteiger charge is 2.14. The predicted octanol–water partition coefficient (Wildman–Crippen LogP) is 5.40. The van der Waals surface area contributed by atoms with Crippen LogP contribution in [0.15, 0.2) is 40.9 Å². The van der Waals surface area contributed by atoms with Crippen LogP contribution in [0, 0.1) is 5.82 Å². The maximum absolute atomic E-state index is 13.9. The molecule has 5 heteroatoms. The number of hydrogen-bond donors (Lipinski definition) is 1. The van der Waals surface area contributed by atoms with E-state index < -0.39 is 0 Å². The fraction of sp³-hybridized carbons (Fsp3) is 0.200. The van der Waals surface area contributed by atoms with Gasteiger partial charge in [-0.15, -0.1) is 0 Å². The average Bonchev–Trinajstić information content (AvgIpc) is 2.36. The van der Waals surface area contributed by atoms with Gasteiger partial charge in [-0.1, -0.05) is 45.2 Å². The van der Waals surface area contributed by atoms with E-state index in [-0.39, 0.29) is 11.9 Å². The lowest BCUT2D eigenvalue weighted by atomic mass is 9.98. The van der Waals surface area contributed by atoms with Crippen LogP contribution in [0.1, 0.15) is 17.2 Å². The highest BCUT2D eigenvalue weighted by Crippen LogP contribution is 2.27. The first-order valence-corrected chi connectivity index (χ1v) is 7.61. The molecule has 0 saturated carbocycles. The van der Waals surface area contributed by atoms with Crippen LogP contribution in [0.25, 0.3) is 0 Å². The Bertz CT molecular complexity index is 599. The Morgan fingerprint density at radius 1 is 1.15 bits per heavy atom. The zero-order valence-corrected chi connectivity index (χ0v) is 13.9. The normalized spacial score (nSPS) is 12.4. The maximum Gasteiger partial charge on any atom is 0.127 e. The van der Waals surface area contributed by atoms with Crippen molar-refractivity contribution in [1.82, 2.24) is 5.32 Å². The highest BCUT2D eigenvalue weighted by atomic mass is 79.9. The van der Waals surface area contributed by atoms with Gasteiger partial charge in [-0.3, -0.25) is 0 Å². The van der Waals surface area contributed by atoms with Crippen molar-refractivity contribution in [3.05, 3.63) is 67.9 Å². The van der Waals surface area contributed by atoms with Gasteiger partial charge in [0.25, 0.3) is 0 Å². The summed E-state index contributed by atoms with van der Waals surface area (Å²) >= 11 is 15.3. The summed E-state index contributed by atoms with van der Waals surface area (Å²) in [5.41, 5.74) is 1.58. The van der Waals surface area contributed by atoms with Crippen molar-refractivity contribution in [2.75, 3.05) is 7.05 Å². The van der Waals surface area contributed by atoms with Crippen LogP contribution < -0.4 is 5.32 Å². The zero-order valence-electron chi connectivity index (χ0n) is 10.8. The summed E-state index contributed by atoms with van der Waals surface area (Å²) in [7, 11) is 1.83. The van der Waals surface area contributed by atoms with Crippen molar-refractivity contribution in [3.8, 4) is 0 Å². The van der Waals surface area contributed by atoms with E-state index in [9.17, 15) is 4.39 Å². The molecule has 0 heterocycles. The molecule has 1 atom stereocenters. The summed E-state index contributed by atoms with van der Waals surface area (Å²) < 4.78 is 14.6. The first-order valence-electron chi connectivity index (χ1n) is 6.07. The molecular weight excluding hydrogens is 364 g/mol. The molecule has 0 fully saturated rings. The molecule has 0 saturated heterocycles. The highest BCUT2D eigenvalue weighted by molar-refractivity contribution is 9.10. The molecule has 0 radical (unpaired) electrons. The fourth-order valence-corrected chi connectivity index (χ4v) is 2.95. The quantitative estimate of drug-likeness (QED) is 0.753. The third-order valence-corrected chi connectivity index (χ3v) is 4.00. The Morgan fingerprint density at radius 2 is 1.80 bits per heavy atom. The van der Waals surface area contributed by atoms with E-state index in [0.717, 1.165) is 10.0 Å². The molecule has 0 aliphatic rings. The van der Waals surface area contributed by atoms with Gasteiger partial charge in [-0.25, -0.2) is 4.39 Å². The summed E-state index contributed by atoms with van der Waals surface area (Å²) in [6.45, 7) is 0. The SMILES string of the molecule is CNC(Cc1ccc(Br)cc1F)c1cc(Cl)cc(Cl)c1. The molecule has 1 unspecified atom stereocenters. The van der Waals surface area contributed by atoms with Crippen LogP contribution in [-0.2, 0) is 6.42 Å². The monoisotopic (exact) mass is 375 g/mol. The van der Waals surface area contributed by atoms with Crippen molar-refractivity contribution < 1.29 is 4.39 Å². The van der Waals surface area contributed by atoms with Gasteiger partial charge in [-0.2, -0.15) is 0 Å². The number of rotatable bonds is 4. The summed E-state index contributed by atoms with van der Waals surface area (Å²) in [4.78, 5) is 0. The van der Waals surface area contributed by atoms with E-state index in [2.05, 4.69) is 21.2 Å². The molecule has 2 rings (SSSR count). The second kappa shape index (κ2) is 6.90. The lowest BCUT2D eigenvalue weighted by Crippen LogP contribution is -2.19. The second-order valence-electron chi connectivity index (χ2n) is 4.48. The van der Waals surface area contributed by atoms with Gasteiger partial charge in [0.1, 0.15) is 5.82 Å². The topological polar surface area (TPSA) is 12.0 Å². The van der Waals surface area contributed by atoms with Gasteiger partial charge in [0.2, 0.25) is 0 Å². The number of benzene rings is 2. The minimum absolute atomic E-state index is 0.0538. The fourth-order valence-electron chi connectivity index (χ4n) is 2.07. The van der Waals surface area contributed by atoms with E-state index in [1.54, 1.807) is 12.1 Å². The van der Waals surface area contributed by atoms with Crippen LogP contribution in [0.5, 0.6) is 0 Å². The van der Waals surface area contributed by atoms with Gasteiger partial charge in [0.05, 0.1) is 0 Å². The first-order chi connectivity index (χ1) is 9.49. The Balaban J connectivity index is 2.28. The molecule has 2 aromatic rings. The predicted molar refractivity (Wildman–Crippen MR) is 86.1 cm³/mol.